The third-order valence-electron chi connectivity index (χ3n) is 3.80. The van der Waals surface area contributed by atoms with Crippen LogP contribution in [0.15, 0.2) is 24.3 Å². The Morgan fingerprint density at radius 3 is 2.76 bits per heavy atom. The van der Waals surface area contributed by atoms with Gasteiger partial charge in [0.1, 0.15) is 37.3 Å². The zero-order valence-electron chi connectivity index (χ0n) is 13.0. The van der Waals surface area contributed by atoms with Crippen molar-refractivity contribution in [3.8, 4) is 5.75 Å². The molecular weight excluding hydrogens is 266 g/mol. The molecule has 1 aliphatic rings. The first-order valence-corrected chi connectivity index (χ1v) is 7.84. The van der Waals surface area contributed by atoms with Crippen molar-refractivity contribution in [3.63, 3.8) is 0 Å². The molecule has 1 unspecified atom stereocenters. The van der Waals surface area contributed by atoms with Gasteiger partial charge in [0.15, 0.2) is 0 Å². The molecule has 4 nitrogen and oxygen atoms in total. The highest BCUT2D eigenvalue weighted by atomic mass is 16.5. The summed E-state index contributed by atoms with van der Waals surface area (Å²) < 4.78 is 11.4. The predicted molar refractivity (Wildman–Crippen MR) is 82.1 cm³/mol. The van der Waals surface area contributed by atoms with E-state index in [1.807, 2.05) is 12.1 Å². The number of aldehydes is 1. The Balaban J connectivity index is 1.62. The van der Waals surface area contributed by atoms with E-state index in [4.69, 9.17) is 9.47 Å². The molecule has 1 saturated heterocycles. The Morgan fingerprint density at radius 1 is 1.29 bits per heavy atom. The molecule has 116 valence electrons. The summed E-state index contributed by atoms with van der Waals surface area (Å²) in [7, 11) is 0. The molecule has 1 heterocycles. The first-order valence-electron chi connectivity index (χ1n) is 7.84. The third-order valence-corrected chi connectivity index (χ3v) is 3.80. The molecule has 0 radical (unpaired) electrons. The number of unbranched alkanes of at least 4 members (excludes halogenated alkanes) is 1. The van der Waals surface area contributed by atoms with E-state index in [1.54, 1.807) is 17.0 Å². The molecule has 0 amide bonds. The van der Waals surface area contributed by atoms with Gasteiger partial charge in [-0.05, 0) is 38.8 Å². The second-order valence-corrected chi connectivity index (χ2v) is 5.91. The molecule has 21 heavy (non-hydrogen) atoms. The number of carbonyl (C=O) groups excluding carboxylic acids is 1. The summed E-state index contributed by atoms with van der Waals surface area (Å²) in [6.07, 6.45) is 3.77. The van der Waals surface area contributed by atoms with E-state index in [0.717, 1.165) is 38.0 Å². The zero-order valence-corrected chi connectivity index (χ0v) is 13.0. The lowest BCUT2D eigenvalue weighted by Gasteiger charge is -2.32. The quantitative estimate of drug-likeness (QED) is 0.609. The van der Waals surface area contributed by atoms with E-state index in [1.165, 1.54) is 6.54 Å². The van der Waals surface area contributed by atoms with Crippen molar-refractivity contribution in [2.45, 2.75) is 38.9 Å². The lowest BCUT2D eigenvalue weighted by molar-refractivity contribution is -0.915. The van der Waals surface area contributed by atoms with Crippen LogP contribution in [0.25, 0.3) is 0 Å². The summed E-state index contributed by atoms with van der Waals surface area (Å²) in [5, 5.41) is 0. The average molecular weight is 292 g/mol. The van der Waals surface area contributed by atoms with Crippen LogP contribution in [0.1, 0.15) is 37.0 Å². The van der Waals surface area contributed by atoms with Gasteiger partial charge >= 0.3 is 0 Å². The number of hydrogen-bond acceptors (Lipinski definition) is 3. The number of morpholine rings is 1. The van der Waals surface area contributed by atoms with E-state index in [-0.39, 0.29) is 0 Å². The van der Waals surface area contributed by atoms with Gasteiger partial charge in [0.25, 0.3) is 0 Å². The van der Waals surface area contributed by atoms with Crippen LogP contribution in [0.3, 0.4) is 0 Å². The molecule has 2 rings (SSSR count). The first kappa shape index (κ1) is 16.0. The van der Waals surface area contributed by atoms with E-state index in [0.29, 0.717) is 24.4 Å². The van der Waals surface area contributed by atoms with Crippen LogP contribution in [0.2, 0.25) is 0 Å². The molecule has 0 bridgehead atoms. The highest BCUT2D eigenvalue weighted by Crippen LogP contribution is 2.12. The van der Waals surface area contributed by atoms with Gasteiger partial charge < -0.3 is 14.4 Å². The Morgan fingerprint density at radius 2 is 2.05 bits per heavy atom. The van der Waals surface area contributed by atoms with Gasteiger partial charge in [0, 0.05) is 5.56 Å². The van der Waals surface area contributed by atoms with Gasteiger partial charge in [0.2, 0.25) is 0 Å². The maximum atomic E-state index is 10.7. The minimum Gasteiger partial charge on any atom is -0.494 e. The van der Waals surface area contributed by atoms with E-state index in [2.05, 4.69) is 13.8 Å². The van der Waals surface area contributed by atoms with Crippen LogP contribution in [0, 0.1) is 0 Å². The maximum Gasteiger partial charge on any atom is 0.150 e. The Hall–Kier alpha value is -1.39. The molecule has 0 aliphatic carbocycles. The maximum absolute atomic E-state index is 10.7. The topological polar surface area (TPSA) is 40.0 Å². The summed E-state index contributed by atoms with van der Waals surface area (Å²) in [5.74, 6) is 0.778. The summed E-state index contributed by atoms with van der Waals surface area (Å²) >= 11 is 0. The van der Waals surface area contributed by atoms with Crippen molar-refractivity contribution >= 4 is 6.29 Å². The molecule has 1 aliphatic heterocycles. The Kier molecular flexibility index (Phi) is 6.21. The summed E-state index contributed by atoms with van der Waals surface area (Å²) in [6.45, 7) is 8.39. The standard InChI is InChI=1S/C17H25NO3/c1-14-11-18(12-15(2)21-14)8-3-4-9-20-17-7-5-6-16(10-17)13-19/h5-7,10,13-15H,3-4,8-9,11-12H2,1-2H3/p+1/t14-,15+. The zero-order chi connectivity index (χ0) is 15.1. The van der Waals surface area contributed by atoms with Gasteiger partial charge in [-0.2, -0.15) is 0 Å². The van der Waals surface area contributed by atoms with Gasteiger partial charge in [-0.25, -0.2) is 0 Å². The Bertz CT molecular complexity index is 439. The number of carbonyl (C=O) groups is 1. The minimum atomic E-state index is 0.367. The molecule has 1 aromatic carbocycles. The summed E-state index contributed by atoms with van der Waals surface area (Å²) in [5.41, 5.74) is 0.660. The van der Waals surface area contributed by atoms with Gasteiger partial charge in [-0.3, -0.25) is 4.79 Å². The lowest BCUT2D eigenvalue weighted by atomic mass is 10.2. The smallest absolute Gasteiger partial charge is 0.150 e. The van der Waals surface area contributed by atoms with Gasteiger partial charge in [-0.1, -0.05) is 12.1 Å². The highest BCUT2D eigenvalue weighted by Gasteiger charge is 2.24. The van der Waals surface area contributed by atoms with Crippen molar-refractivity contribution in [2.75, 3.05) is 26.2 Å². The largest absolute Gasteiger partial charge is 0.494 e. The van der Waals surface area contributed by atoms with Crippen molar-refractivity contribution in [2.24, 2.45) is 0 Å². The normalized spacial score (nSPS) is 25.5. The number of hydrogen-bond donors (Lipinski definition) is 1. The van der Waals surface area contributed by atoms with Crippen LogP contribution in [0.4, 0.5) is 0 Å². The fraction of sp³-hybridized carbons (Fsp3) is 0.588. The molecule has 1 fully saturated rings. The first-order chi connectivity index (χ1) is 10.2. The van der Waals surface area contributed by atoms with E-state index >= 15 is 0 Å². The van der Waals surface area contributed by atoms with Crippen LogP contribution >= 0.6 is 0 Å². The molecule has 1 N–H and O–H groups in total. The third kappa shape index (κ3) is 5.48. The number of ether oxygens (including phenoxy) is 2. The minimum absolute atomic E-state index is 0.367. The monoisotopic (exact) mass is 292 g/mol. The molecule has 3 atom stereocenters. The van der Waals surface area contributed by atoms with Crippen LogP contribution in [-0.4, -0.2) is 44.7 Å². The fourth-order valence-corrected chi connectivity index (χ4v) is 2.94. The molecule has 0 saturated carbocycles. The summed E-state index contributed by atoms with van der Waals surface area (Å²) in [4.78, 5) is 12.3. The number of benzene rings is 1. The van der Waals surface area contributed by atoms with E-state index in [9.17, 15) is 4.79 Å². The summed E-state index contributed by atoms with van der Waals surface area (Å²) in [6, 6.07) is 7.30. The fourth-order valence-electron chi connectivity index (χ4n) is 2.94. The Labute approximate surface area is 127 Å². The van der Waals surface area contributed by atoms with Crippen molar-refractivity contribution < 1.29 is 19.2 Å². The molecule has 0 spiro atoms. The second kappa shape index (κ2) is 8.15. The average Bonchev–Trinajstić information content (AvgIpc) is 2.46. The molecule has 4 heteroatoms. The molecule has 1 aromatic rings. The van der Waals surface area contributed by atoms with Crippen molar-refractivity contribution in [1.82, 2.24) is 0 Å². The number of nitrogens with one attached hydrogen (secondary N) is 1. The van der Waals surface area contributed by atoms with Crippen LogP contribution in [0.5, 0.6) is 5.75 Å². The van der Waals surface area contributed by atoms with E-state index < -0.39 is 0 Å². The molecular formula is C17H26NO3+. The van der Waals surface area contributed by atoms with Gasteiger partial charge in [0.05, 0.1) is 13.2 Å². The van der Waals surface area contributed by atoms with Gasteiger partial charge in [-0.15, -0.1) is 0 Å². The SMILES string of the molecule is C[C@@H]1C[NH+](CCCCOc2cccc(C=O)c2)C[C@H](C)O1. The highest BCUT2D eigenvalue weighted by molar-refractivity contribution is 5.75. The van der Waals surface area contributed by atoms with Crippen molar-refractivity contribution in [1.29, 1.82) is 0 Å². The van der Waals surface area contributed by atoms with Crippen LogP contribution in [-0.2, 0) is 4.74 Å². The number of rotatable bonds is 7. The predicted octanol–water partition coefficient (Wildman–Crippen LogP) is 1.35. The van der Waals surface area contributed by atoms with Crippen LogP contribution < -0.4 is 9.64 Å². The second-order valence-electron chi connectivity index (χ2n) is 5.91. The lowest BCUT2D eigenvalue weighted by Crippen LogP contribution is -3.15. The molecule has 0 aromatic heterocycles. The number of quaternary nitrogens is 1. The van der Waals surface area contributed by atoms with Crippen molar-refractivity contribution in [3.05, 3.63) is 29.8 Å².